The summed E-state index contributed by atoms with van der Waals surface area (Å²) in [6.45, 7) is 0.659. The standard InChI is InChI=1S/C39H27N5/c1-4-14-27(15-5-1)26-44-35-23-13-12-22-34(35)40-39(44)33-25-31-21-11-10-20-30(31)24-32(33)38-42-36(28-16-6-2-7-17-28)41-37(43-38)29-18-8-3-9-19-29/h1-2,4-8,10-11,13-21,23-25H,3,9,26H2. The van der Waals surface area contributed by atoms with E-state index >= 15 is 0 Å². The van der Waals surface area contributed by atoms with Crippen LogP contribution in [-0.2, 0) is 6.54 Å². The molecule has 0 fully saturated rings. The van der Waals surface area contributed by atoms with Crippen molar-refractivity contribution in [1.29, 1.82) is 0 Å². The van der Waals surface area contributed by atoms with Gasteiger partial charge in [0.2, 0.25) is 0 Å². The van der Waals surface area contributed by atoms with E-state index in [9.17, 15) is 0 Å². The number of imidazole rings is 1. The third kappa shape index (κ3) is 4.83. The molecule has 0 amide bonds. The van der Waals surface area contributed by atoms with E-state index < -0.39 is 0 Å². The van der Waals surface area contributed by atoms with Crippen LogP contribution in [0.1, 0.15) is 24.2 Å². The van der Waals surface area contributed by atoms with Crippen molar-refractivity contribution in [3.63, 3.8) is 0 Å². The SMILES string of the molecule is c1ccc2c(c#1)nc(-c1cc3ccccc3cc1-c1nc(C3=CCCC=C3)nc(-c3ccccc3)n1)n2Cc1ccccc1. The molecule has 0 N–H and O–H groups in total. The fraction of sp³-hybridized carbons (Fsp3) is 0.0769. The quantitative estimate of drug-likeness (QED) is 0.202. The predicted molar refractivity (Wildman–Crippen MR) is 176 cm³/mol. The molecule has 5 heteroatoms. The van der Waals surface area contributed by atoms with Gasteiger partial charge in [-0.25, -0.2) is 19.9 Å². The van der Waals surface area contributed by atoms with Gasteiger partial charge >= 0.3 is 0 Å². The first-order chi connectivity index (χ1) is 21.8. The van der Waals surface area contributed by atoms with Crippen LogP contribution in [0.3, 0.4) is 0 Å². The number of hydrogen-bond acceptors (Lipinski definition) is 4. The minimum Gasteiger partial charge on any atom is -0.319 e. The van der Waals surface area contributed by atoms with Crippen LogP contribution in [0.2, 0.25) is 0 Å². The molecule has 5 nitrogen and oxygen atoms in total. The Hall–Kier alpha value is -5.86. The number of benzene rings is 4. The van der Waals surface area contributed by atoms with Crippen molar-refractivity contribution in [1.82, 2.24) is 24.5 Å². The fourth-order valence-corrected chi connectivity index (χ4v) is 5.82. The van der Waals surface area contributed by atoms with Crippen LogP contribution in [0.4, 0.5) is 0 Å². The van der Waals surface area contributed by atoms with E-state index in [1.165, 1.54) is 5.56 Å². The second-order valence-corrected chi connectivity index (χ2v) is 10.9. The van der Waals surface area contributed by atoms with E-state index in [4.69, 9.17) is 19.9 Å². The molecule has 1 aliphatic carbocycles. The molecule has 0 spiro atoms. The third-order valence-electron chi connectivity index (χ3n) is 7.99. The molecule has 2 aromatic heterocycles. The molecule has 0 saturated carbocycles. The van der Waals surface area contributed by atoms with Crippen molar-refractivity contribution in [2.45, 2.75) is 19.4 Å². The summed E-state index contributed by atoms with van der Waals surface area (Å²) in [7, 11) is 0. The highest BCUT2D eigenvalue weighted by molar-refractivity contribution is 5.96. The number of hydrogen-bond donors (Lipinski definition) is 0. The average Bonchev–Trinajstić information content (AvgIpc) is 3.46. The Kier molecular flexibility index (Phi) is 6.51. The summed E-state index contributed by atoms with van der Waals surface area (Å²) in [5.74, 6) is 2.76. The van der Waals surface area contributed by atoms with Gasteiger partial charge in [0.25, 0.3) is 0 Å². The summed E-state index contributed by atoms with van der Waals surface area (Å²) in [6.07, 6.45) is 8.49. The van der Waals surface area contributed by atoms with E-state index in [2.05, 4.69) is 102 Å². The molecule has 0 radical (unpaired) electrons. The summed E-state index contributed by atoms with van der Waals surface area (Å²) < 4.78 is 2.26. The van der Waals surface area contributed by atoms with Gasteiger partial charge in [0.15, 0.2) is 17.5 Å². The van der Waals surface area contributed by atoms with Crippen LogP contribution < -0.4 is 0 Å². The Morgan fingerprint density at radius 3 is 2.14 bits per heavy atom. The lowest BCUT2D eigenvalue weighted by Gasteiger charge is -2.15. The topological polar surface area (TPSA) is 56.5 Å². The van der Waals surface area contributed by atoms with E-state index in [-0.39, 0.29) is 0 Å². The van der Waals surface area contributed by atoms with Gasteiger partial charge in [-0.05, 0) is 59.5 Å². The second kappa shape index (κ2) is 11.1. The Bertz CT molecular complexity index is 2190. The molecule has 2 heterocycles. The van der Waals surface area contributed by atoms with Crippen molar-refractivity contribution in [2.75, 3.05) is 0 Å². The molecule has 7 aromatic rings. The fourth-order valence-electron chi connectivity index (χ4n) is 5.82. The molecule has 0 unspecified atom stereocenters. The molecule has 0 atom stereocenters. The summed E-state index contributed by atoms with van der Waals surface area (Å²) in [4.78, 5) is 20.3. The Morgan fingerprint density at radius 1 is 0.659 bits per heavy atom. The van der Waals surface area contributed by atoms with Gasteiger partial charge in [-0.15, -0.1) is 0 Å². The van der Waals surface area contributed by atoms with Crippen LogP contribution in [0, 0.1) is 12.1 Å². The van der Waals surface area contributed by atoms with Gasteiger partial charge in [-0.3, -0.25) is 0 Å². The molecule has 0 bridgehead atoms. The molecular formula is C39H27N5. The van der Waals surface area contributed by atoms with Crippen LogP contribution in [-0.4, -0.2) is 24.5 Å². The van der Waals surface area contributed by atoms with Gasteiger partial charge in [-0.2, -0.15) is 0 Å². The molecular weight excluding hydrogens is 538 g/mol. The Labute approximate surface area is 255 Å². The summed E-state index contributed by atoms with van der Waals surface area (Å²) in [5.41, 5.74) is 6.78. The van der Waals surface area contributed by atoms with Gasteiger partial charge in [0.05, 0.1) is 5.52 Å². The summed E-state index contributed by atoms with van der Waals surface area (Å²) >= 11 is 0. The van der Waals surface area contributed by atoms with Crippen LogP contribution >= 0.6 is 0 Å². The highest BCUT2D eigenvalue weighted by Gasteiger charge is 2.21. The Balaban J connectivity index is 1.41. The van der Waals surface area contributed by atoms with Gasteiger partial charge in [0.1, 0.15) is 11.3 Å². The zero-order valence-corrected chi connectivity index (χ0v) is 24.0. The third-order valence-corrected chi connectivity index (χ3v) is 7.99. The van der Waals surface area contributed by atoms with E-state index in [1.807, 2.05) is 42.5 Å². The molecule has 8 rings (SSSR count). The molecule has 44 heavy (non-hydrogen) atoms. The van der Waals surface area contributed by atoms with Gasteiger partial charge in [0, 0.05) is 28.8 Å². The molecule has 0 aliphatic heterocycles. The van der Waals surface area contributed by atoms with Crippen LogP contribution in [0.5, 0.6) is 0 Å². The predicted octanol–water partition coefficient (Wildman–Crippen LogP) is 8.76. The van der Waals surface area contributed by atoms with E-state index in [1.54, 1.807) is 0 Å². The minimum absolute atomic E-state index is 0.614. The lowest BCUT2D eigenvalue weighted by Crippen LogP contribution is -2.06. The minimum atomic E-state index is 0.614. The normalized spacial score (nSPS) is 12.8. The number of allylic oxidation sites excluding steroid dienone is 4. The molecule has 1 aliphatic rings. The highest BCUT2D eigenvalue weighted by Crippen LogP contribution is 2.37. The van der Waals surface area contributed by atoms with Gasteiger partial charge < -0.3 is 4.57 Å². The summed E-state index contributed by atoms with van der Waals surface area (Å²) in [5, 5.41) is 2.23. The lowest BCUT2D eigenvalue weighted by atomic mass is 9.99. The zero-order valence-electron chi connectivity index (χ0n) is 24.0. The van der Waals surface area contributed by atoms with Gasteiger partial charge in [-0.1, -0.05) is 109 Å². The smallest absolute Gasteiger partial charge is 0.164 e. The van der Waals surface area contributed by atoms with E-state index in [0.717, 1.165) is 62.7 Å². The number of aromatic nitrogens is 5. The second-order valence-electron chi connectivity index (χ2n) is 10.9. The Morgan fingerprint density at radius 2 is 1.36 bits per heavy atom. The first-order valence-corrected chi connectivity index (χ1v) is 14.8. The monoisotopic (exact) mass is 565 g/mol. The maximum atomic E-state index is 5.15. The van der Waals surface area contributed by atoms with Crippen molar-refractivity contribution >= 4 is 27.4 Å². The van der Waals surface area contributed by atoms with Crippen molar-refractivity contribution in [3.8, 4) is 34.2 Å². The maximum absolute atomic E-state index is 5.15. The van der Waals surface area contributed by atoms with Crippen LogP contribution in [0.25, 0.3) is 61.5 Å². The van der Waals surface area contributed by atoms with Crippen LogP contribution in [0.15, 0.2) is 127 Å². The number of nitrogens with zero attached hydrogens (tertiary/aromatic N) is 5. The molecule has 0 saturated heterocycles. The molecule has 208 valence electrons. The first kappa shape index (κ1) is 25.8. The number of rotatable bonds is 6. The average molecular weight is 566 g/mol. The maximum Gasteiger partial charge on any atom is 0.164 e. The highest BCUT2D eigenvalue weighted by atomic mass is 15.1. The van der Waals surface area contributed by atoms with E-state index in [0.29, 0.717) is 24.0 Å². The largest absolute Gasteiger partial charge is 0.319 e. The van der Waals surface area contributed by atoms with Crippen molar-refractivity contribution < 1.29 is 0 Å². The zero-order chi connectivity index (χ0) is 29.3. The van der Waals surface area contributed by atoms with Crippen molar-refractivity contribution in [3.05, 3.63) is 151 Å². The lowest BCUT2D eigenvalue weighted by molar-refractivity contribution is 0.834. The first-order valence-electron chi connectivity index (χ1n) is 14.8. The van der Waals surface area contributed by atoms with Crippen molar-refractivity contribution in [2.24, 2.45) is 0 Å². The molecule has 5 aromatic carbocycles. The number of fused-ring (bicyclic) bond motifs is 2. The summed E-state index contributed by atoms with van der Waals surface area (Å²) in [6, 6.07) is 43.7.